The molecule has 0 amide bonds. The topological polar surface area (TPSA) is 24.1 Å². The van der Waals surface area contributed by atoms with Crippen LogP contribution in [-0.2, 0) is 0 Å². The minimum absolute atomic E-state index is 0.511. The van der Waals surface area contributed by atoms with Crippen LogP contribution in [0.25, 0.3) is 0 Å². The standard InChI is InChI=1S/C11H24N2.C2H6/c1-4-5-6-12-8-10-7-11(2,3)9-13-10;1-2/h10,12-13H,4-9H2,1-3H3;1-2H3. The number of unbranched alkanes of at least 4 members (excludes halogenated alkanes) is 1. The van der Waals surface area contributed by atoms with Gasteiger partial charge in [-0.15, -0.1) is 0 Å². The van der Waals surface area contributed by atoms with Crippen LogP contribution in [0.4, 0.5) is 0 Å². The highest BCUT2D eigenvalue weighted by molar-refractivity contribution is 4.88. The first-order valence-electron chi connectivity index (χ1n) is 6.58. The maximum atomic E-state index is 3.56. The van der Waals surface area contributed by atoms with Crippen LogP contribution in [0.5, 0.6) is 0 Å². The maximum absolute atomic E-state index is 3.56. The van der Waals surface area contributed by atoms with Crippen molar-refractivity contribution in [3.8, 4) is 0 Å². The fourth-order valence-corrected chi connectivity index (χ4v) is 1.95. The van der Waals surface area contributed by atoms with Gasteiger partial charge in [0.15, 0.2) is 0 Å². The Kier molecular flexibility index (Phi) is 8.07. The van der Waals surface area contributed by atoms with Crippen LogP contribution in [0.2, 0.25) is 0 Å². The summed E-state index contributed by atoms with van der Waals surface area (Å²) in [6, 6.07) is 0.701. The van der Waals surface area contributed by atoms with Gasteiger partial charge in [0.25, 0.3) is 0 Å². The van der Waals surface area contributed by atoms with Crippen LogP contribution in [0.15, 0.2) is 0 Å². The van der Waals surface area contributed by atoms with E-state index in [9.17, 15) is 0 Å². The lowest BCUT2D eigenvalue weighted by Crippen LogP contribution is -2.34. The number of nitrogens with one attached hydrogen (secondary N) is 2. The predicted octanol–water partition coefficient (Wildman–Crippen LogP) is 2.79. The van der Waals surface area contributed by atoms with Gasteiger partial charge >= 0.3 is 0 Å². The Balaban J connectivity index is 0.000000921. The summed E-state index contributed by atoms with van der Waals surface area (Å²) in [6.45, 7) is 14.4. The van der Waals surface area contributed by atoms with Crippen LogP contribution in [0.1, 0.15) is 53.9 Å². The quantitative estimate of drug-likeness (QED) is 0.688. The Labute approximate surface area is 96.2 Å². The zero-order valence-electron chi connectivity index (χ0n) is 11.3. The van der Waals surface area contributed by atoms with Gasteiger partial charge in [0.2, 0.25) is 0 Å². The van der Waals surface area contributed by atoms with Crippen LogP contribution < -0.4 is 10.6 Å². The van der Waals surface area contributed by atoms with E-state index in [1.54, 1.807) is 0 Å². The molecular formula is C13H30N2. The second kappa shape index (κ2) is 8.12. The lowest BCUT2D eigenvalue weighted by atomic mass is 9.91. The molecule has 1 rings (SSSR count). The number of rotatable bonds is 5. The van der Waals surface area contributed by atoms with Crippen LogP contribution in [-0.4, -0.2) is 25.7 Å². The van der Waals surface area contributed by atoms with Crippen LogP contribution in [0.3, 0.4) is 0 Å². The Morgan fingerprint density at radius 3 is 2.47 bits per heavy atom. The summed E-state index contributed by atoms with van der Waals surface area (Å²) in [4.78, 5) is 0. The highest BCUT2D eigenvalue weighted by Gasteiger charge is 2.29. The van der Waals surface area contributed by atoms with Gasteiger partial charge in [0, 0.05) is 19.1 Å². The molecule has 1 fully saturated rings. The number of hydrogen-bond acceptors (Lipinski definition) is 2. The van der Waals surface area contributed by atoms with Crippen molar-refractivity contribution in [3.63, 3.8) is 0 Å². The Morgan fingerprint density at radius 2 is 2.00 bits per heavy atom. The van der Waals surface area contributed by atoms with Crippen molar-refractivity contribution in [1.29, 1.82) is 0 Å². The van der Waals surface area contributed by atoms with Gasteiger partial charge in [0.05, 0.1) is 0 Å². The molecule has 0 aromatic heterocycles. The van der Waals surface area contributed by atoms with Gasteiger partial charge in [-0.3, -0.25) is 0 Å². The third-order valence-corrected chi connectivity index (χ3v) is 2.77. The molecule has 2 heteroatoms. The molecule has 0 aromatic carbocycles. The normalized spacial score (nSPS) is 23.4. The smallest absolute Gasteiger partial charge is 0.0198 e. The van der Waals surface area contributed by atoms with E-state index in [1.165, 1.54) is 32.4 Å². The molecule has 0 aromatic rings. The summed E-state index contributed by atoms with van der Waals surface area (Å²) < 4.78 is 0. The van der Waals surface area contributed by atoms with Gasteiger partial charge in [0.1, 0.15) is 0 Å². The van der Waals surface area contributed by atoms with E-state index in [0.29, 0.717) is 11.5 Å². The van der Waals surface area contributed by atoms with E-state index in [-0.39, 0.29) is 0 Å². The molecule has 15 heavy (non-hydrogen) atoms. The Hall–Kier alpha value is -0.0800. The third-order valence-electron chi connectivity index (χ3n) is 2.77. The zero-order chi connectivity index (χ0) is 11.7. The number of hydrogen-bond donors (Lipinski definition) is 2. The summed E-state index contributed by atoms with van der Waals surface area (Å²) >= 11 is 0. The van der Waals surface area contributed by atoms with Crippen LogP contribution >= 0.6 is 0 Å². The predicted molar refractivity (Wildman–Crippen MR) is 69.3 cm³/mol. The van der Waals surface area contributed by atoms with Crippen LogP contribution in [0, 0.1) is 5.41 Å². The van der Waals surface area contributed by atoms with Gasteiger partial charge in [-0.05, 0) is 24.8 Å². The van der Waals surface area contributed by atoms with Crippen molar-refractivity contribution in [1.82, 2.24) is 10.6 Å². The van der Waals surface area contributed by atoms with E-state index < -0.39 is 0 Å². The minimum atomic E-state index is 0.511. The molecule has 1 saturated heterocycles. The van der Waals surface area contributed by atoms with E-state index in [2.05, 4.69) is 31.4 Å². The summed E-state index contributed by atoms with van der Waals surface area (Å²) in [6.07, 6.45) is 3.90. The van der Waals surface area contributed by atoms with E-state index >= 15 is 0 Å². The molecule has 1 aliphatic rings. The van der Waals surface area contributed by atoms with Crippen molar-refractivity contribution in [3.05, 3.63) is 0 Å². The van der Waals surface area contributed by atoms with Gasteiger partial charge in [-0.25, -0.2) is 0 Å². The Morgan fingerprint density at radius 1 is 1.33 bits per heavy atom. The summed E-state index contributed by atoms with van der Waals surface area (Å²) in [7, 11) is 0. The highest BCUT2D eigenvalue weighted by atomic mass is 15.0. The lowest BCUT2D eigenvalue weighted by Gasteiger charge is -2.15. The molecule has 2 N–H and O–H groups in total. The van der Waals surface area contributed by atoms with E-state index in [1.807, 2.05) is 13.8 Å². The first kappa shape index (κ1) is 14.9. The first-order chi connectivity index (χ1) is 7.14. The molecule has 0 spiro atoms. The molecule has 92 valence electrons. The summed E-state index contributed by atoms with van der Waals surface area (Å²) in [5.41, 5.74) is 0.511. The molecule has 1 atom stereocenters. The van der Waals surface area contributed by atoms with Crippen molar-refractivity contribution in [2.45, 2.75) is 59.9 Å². The van der Waals surface area contributed by atoms with Gasteiger partial charge in [-0.1, -0.05) is 41.0 Å². The molecule has 0 saturated carbocycles. The second-order valence-electron chi connectivity index (χ2n) is 5.00. The Bertz CT molecular complexity index is 143. The summed E-state index contributed by atoms with van der Waals surface area (Å²) in [5.74, 6) is 0. The minimum Gasteiger partial charge on any atom is -0.315 e. The van der Waals surface area contributed by atoms with Crippen molar-refractivity contribution in [2.75, 3.05) is 19.6 Å². The van der Waals surface area contributed by atoms with E-state index in [0.717, 1.165) is 6.54 Å². The molecule has 1 heterocycles. The monoisotopic (exact) mass is 214 g/mol. The molecule has 1 unspecified atom stereocenters. The fourth-order valence-electron chi connectivity index (χ4n) is 1.95. The molecule has 2 nitrogen and oxygen atoms in total. The SMILES string of the molecule is CC.CCCCNCC1CC(C)(C)CN1. The summed E-state index contributed by atoms with van der Waals surface area (Å²) in [5, 5.41) is 7.06. The van der Waals surface area contributed by atoms with E-state index in [4.69, 9.17) is 0 Å². The molecule has 1 aliphatic heterocycles. The zero-order valence-corrected chi connectivity index (χ0v) is 11.3. The van der Waals surface area contributed by atoms with Crippen molar-refractivity contribution in [2.24, 2.45) is 5.41 Å². The third kappa shape index (κ3) is 6.91. The maximum Gasteiger partial charge on any atom is 0.0198 e. The fraction of sp³-hybridized carbons (Fsp3) is 1.00. The lowest BCUT2D eigenvalue weighted by molar-refractivity contribution is 0.397. The molecule has 0 radical (unpaired) electrons. The first-order valence-corrected chi connectivity index (χ1v) is 6.58. The van der Waals surface area contributed by atoms with Gasteiger partial charge in [-0.2, -0.15) is 0 Å². The molecule has 0 bridgehead atoms. The highest BCUT2D eigenvalue weighted by Crippen LogP contribution is 2.26. The second-order valence-corrected chi connectivity index (χ2v) is 5.00. The molecular weight excluding hydrogens is 184 g/mol. The van der Waals surface area contributed by atoms with Crippen molar-refractivity contribution < 1.29 is 0 Å². The van der Waals surface area contributed by atoms with Crippen molar-refractivity contribution >= 4 is 0 Å². The average molecular weight is 214 g/mol. The molecule has 0 aliphatic carbocycles. The van der Waals surface area contributed by atoms with Gasteiger partial charge < -0.3 is 10.6 Å². The average Bonchev–Trinajstić information content (AvgIpc) is 2.56. The largest absolute Gasteiger partial charge is 0.315 e.